The number of H-pyrrole nitrogens is 1. The number of nitrogens with zero attached hydrogens (tertiary/aromatic N) is 1. The van der Waals surface area contributed by atoms with Crippen LogP contribution in [0.2, 0.25) is 0 Å². The molecule has 0 aliphatic rings. The maximum absolute atomic E-state index is 10.7. The molecule has 1 aromatic heterocycles. The van der Waals surface area contributed by atoms with Gasteiger partial charge in [-0.15, -0.1) is 0 Å². The number of hydrogen-bond acceptors (Lipinski definition) is 3. The molecule has 0 radical (unpaired) electrons. The molecule has 0 saturated carbocycles. The molecular weight excluding hydrogens is 208 g/mol. The van der Waals surface area contributed by atoms with Crippen molar-refractivity contribution >= 4 is 22.6 Å². The Kier molecular flexibility index (Phi) is 2.59. The van der Waals surface area contributed by atoms with E-state index in [1.807, 2.05) is 24.3 Å². The third-order valence-electron chi connectivity index (χ3n) is 2.40. The van der Waals surface area contributed by atoms with Crippen molar-refractivity contribution in [2.24, 2.45) is 5.16 Å². The average Bonchev–Trinajstić information content (AvgIpc) is 2.69. The predicted octanol–water partition coefficient (Wildman–Crippen LogP) is 1.63. The first-order valence-electron chi connectivity index (χ1n) is 4.71. The van der Waals surface area contributed by atoms with Crippen molar-refractivity contribution < 1.29 is 15.1 Å². The van der Waals surface area contributed by atoms with Gasteiger partial charge in [0.1, 0.15) is 0 Å². The summed E-state index contributed by atoms with van der Waals surface area (Å²) in [7, 11) is 0. The quantitative estimate of drug-likeness (QED) is 0.415. The third kappa shape index (κ3) is 1.75. The molecule has 82 valence electrons. The number of carbonyl (C=O) groups is 1. The molecule has 3 N–H and O–H groups in total. The second-order valence-electron chi connectivity index (χ2n) is 3.39. The highest BCUT2D eigenvalue weighted by Gasteiger charge is 2.13. The molecule has 16 heavy (non-hydrogen) atoms. The molecule has 0 saturated heterocycles. The average molecular weight is 218 g/mol. The fourth-order valence-corrected chi connectivity index (χ4v) is 1.61. The SMILES string of the molecule is O=C(O)/C(Cc1c[nH]c2ccccc12)=N/O. The van der Waals surface area contributed by atoms with Gasteiger partial charge in [-0.05, 0) is 11.6 Å². The van der Waals surface area contributed by atoms with E-state index in [2.05, 4.69) is 10.1 Å². The Morgan fingerprint density at radius 1 is 1.38 bits per heavy atom. The van der Waals surface area contributed by atoms with E-state index in [0.717, 1.165) is 16.5 Å². The number of fused-ring (bicyclic) bond motifs is 1. The molecule has 0 atom stereocenters. The van der Waals surface area contributed by atoms with Crippen LogP contribution in [0.15, 0.2) is 35.6 Å². The normalized spacial score (nSPS) is 11.9. The summed E-state index contributed by atoms with van der Waals surface area (Å²) in [6.07, 6.45) is 1.81. The van der Waals surface area contributed by atoms with Gasteiger partial charge in [-0.1, -0.05) is 23.4 Å². The number of nitrogens with one attached hydrogen (secondary N) is 1. The lowest BCUT2D eigenvalue weighted by molar-refractivity contribution is -0.129. The smallest absolute Gasteiger partial charge is 0.354 e. The van der Waals surface area contributed by atoms with Gasteiger partial charge < -0.3 is 15.3 Å². The number of para-hydroxylation sites is 1. The zero-order valence-corrected chi connectivity index (χ0v) is 8.34. The van der Waals surface area contributed by atoms with E-state index in [1.54, 1.807) is 6.20 Å². The Bertz CT molecular complexity index is 557. The van der Waals surface area contributed by atoms with E-state index in [9.17, 15) is 4.79 Å². The summed E-state index contributed by atoms with van der Waals surface area (Å²) < 4.78 is 0. The van der Waals surface area contributed by atoms with Gasteiger partial charge in [-0.25, -0.2) is 4.79 Å². The van der Waals surface area contributed by atoms with Crippen LogP contribution >= 0.6 is 0 Å². The fourth-order valence-electron chi connectivity index (χ4n) is 1.61. The molecule has 5 heteroatoms. The standard InChI is InChI=1S/C11H10N2O3/c14-11(15)10(13-16)5-7-6-12-9-4-2-1-3-8(7)9/h1-4,6,12,16H,5H2,(H,14,15)/b13-10+. The van der Waals surface area contributed by atoms with E-state index >= 15 is 0 Å². The number of aromatic nitrogens is 1. The van der Waals surface area contributed by atoms with E-state index < -0.39 is 5.97 Å². The summed E-state index contributed by atoms with van der Waals surface area (Å²) in [5, 5.41) is 21.0. The Balaban J connectivity index is 2.38. The maximum atomic E-state index is 10.7. The van der Waals surface area contributed by atoms with Gasteiger partial charge in [0.15, 0.2) is 5.71 Å². The van der Waals surface area contributed by atoms with Gasteiger partial charge >= 0.3 is 5.97 Å². The van der Waals surface area contributed by atoms with Crippen molar-refractivity contribution in [3.8, 4) is 0 Å². The van der Waals surface area contributed by atoms with Gasteiger partial charge in [0, 0.05) is 23.5 Å². The van der Waals surface area contributed by atoms with Crippen LogP contribution in [0.1, 0.15) is 5.56 Å². The molecule has 2 aromatic rings. The van der Waals surface area contributed by atoms with Crippen LogP contribution in [0.5, 0.6) is 0 Å². The van der Waals surface area contributed by atoms with Gasteiger partial charge in [0.2, 0.25) is 0 Å². The summed E-state index contributed by atoms with van der Waals surface area (Å²) in [4.78, 5) is 13.7. The third-order valence-corrected chi connectivity index (χ3v) is 2.40. The number of hydrogen-bond donors (Lipinski definition) is 3. The first kappa shape index (κ1) is 10.2. The molecule has 0 spiro atoms. The van der Waals surface area contributed by atoms with Gasteiger partial charge in [-0.2, -0.15) is 0 Å². The van der Waals surface area contributed by atoms with Crippen LogP contribution < -0.4 is 0 Å². The second-order valence-corrected chi connectivity index (χ2v) is 3.39. The van der Waals surface area contributed by atoms with Crippen molar-refractivity contribution in [1.82, 2.24) is 4.98 Å². The fraction of sp³-hybridized carbons (Fsp3) is 0.0909. The first-order chi connectivity index (χ1) is 7.72. The number of oxime groups is 1. The lowest BCUT2D eigenvalue weighted by Crippen LogP contribution is -2.15. The van der Waals surface area contributed by atoms with E-state index in [-0.39, 0.29) is 12.1 Å². The van der Waals surface area contributed by atoms with Crippen LogP contribution in [0, 0.1) is 0 Å². The van der Waals surface area contributed by atoms with Crippen LogP contribution in [-0.4, -0.2) is 27.0 Å². The number of carboxylic acids is 1. The van der Waals surface area contributed by atoms with E-state index in [1.165, 1.54) is 0 Å². The Morgan fingerprint density at radius 2 is 2.12 bits per heavy atom. The number of aromatic amines is 1. The van der Waals surface area contributed by atoms with Crippen LogP contribution in [0.25, 0.3) is 10.9 Å². The van der Waals surface area contributed by atoms with Gasteiger partial charge in [-0.3, -0.25) is 0 Å². The van der Waals surface area contributed by atoms with Crippen LogP contribution in [-0.2, 0) is 11.2 Å². The van der Waals surface area contributed by atoms with Crippen molar-refractivity contribution in [3.63, 3.8) is 0 Å². The molecule has 1 heterocycles. The maximum Gasteiger partial charge on any atom is 0.354 e. The molecule has 0 aliphatic heterocycles. The minimum absolute atomic E-state index is 0.0931. The monoisotopic (exact) mass is 218 g/mol. The Morgan fingerprint density at radius 3 is 2.81 bits per heavy atom. The topological polar surface area (TPSA) is 85.7 Å². The zero-order chi connectivity index (χ0) is 11.5. The first-order valence-corrected chi connectivity index (χ1v) is 4.71. The number of rotatable bonds is 3. The minimum atomic E-state index is -1.22. The predicted molar refractivity (Wildman–Crippen MR) is 58.9 cm³/mol. The van der Waals surface area contributed by atoms with Gasteiger partial charge in [0.25, 0.3) is 0 Å². The number of carboxylic acid groups (broad SMARTS) is 1. The molecule has 1 aromatic carbocycles. The highest BCUT2D eigenvalue weighted by Crippen LogP contribution is 2.18. The molecular formula is C11H10N2O3. The summed E-state index contributed by atoms with van der Waals surface area (Å²) in [5.41, 5.74) is 1.45. The van der Waals surface area contributed by atoms with E-state index in [0.29, 0.717) is 0 Å². The highest BCUT2D eigenvalue weighted by molar-refractivity contribution is 6.36. The summed E-state index contributed by atoms with van der Waals surface area (Å²) >= 11 is 0. The van der Waals surface area contributed by atoms with Crippen molar-refractivity contribution in [2.75, 3.05) is 0 Å². The number of benzene rings is 1. The number of aliphatic carboxylic acids is 1. The van der Waals surface area contributed by atoms with Crippen molar-refractivity contribution in [3.05, 3.63) is 36.0 Å². The molecule has 0 unspecified atom stereocenters. The zero-order valence-electron chi connectivity index (χ0n) is 8.34. The van der Waals surface area contributed by atoms with Gasteiger partial charge in [0.05, 0.1) is 0 Å². The summed E-state index contributed by atoms with van der Waals surface area (Å²) in [6.45, 7) is 0. The Hall–Kier alpha value is -2.30. The van der Waals surface area contributed by atoms with Crippen LogP contribution in [0.3, 0.4) is 0 Å². The van der Waals surface area contributed by atoms with Crippen LogP contribution in [0.4, 0.5) is 0 Å². The lowest BCUT2D eigenvalue weighted by atomic mass is 10.1. The molecule has 0 fully saturated rings. The highest BCUT2D eigenvalue weighted by atomic mass is 16.4. The minimum Gasteiger partial charge on any atom is -0.477 e. The largest absolute Gasteiger partial charge is 0.477 e. The second kappa shape index (κ2) is 4.06. The molecule has 5 nitrogen and oxygen atoms in total. The Labute approximate surface area is 91.0 Å². The van der Waals surface area contributed by atoms with Crippen molar-refractivity contribution in [1.29, 1.82) is 0 Å². The molecule has 0 aliphatic carbocycles. The summed E-state index contributed by atoms with van der Waals surface area (Å²) in [5.74, 6) is -1.22. The van der Waals surface area contributed by atoms with E-state index in [4.69, 9.17) is 10.3 Å². The lowest BCUT2D eigenvalue weighted by Gasteiger charge is -1.97. The molecule has 2 rings (SSSR count). The molecule has 0 bridgehead atoms. The summed E-state index contributed by atoms with van der Waals surface area (Å²) in [6, 6.07) is 7.55. The molecule has 0 amide bonds. The van der Waals surface area contributed by atoms with Crippen molar-refractivity contribution in [2.45, 2.75) is 6.42 Å².